The van der Waals surface area contributed by atoms with E-state index in [2.05, 4.69) is 5.32 Å². The number of primary amides is 1. The first kappa shape index (κ1) is 18.1. The summed E-state index contributed by atoms with van der Waals surface area (Å²) in [6.45, 7) is 2.00. The Morgan fingerprint density at radius 3 is 2.46 bits per heavy atom. The van der Waals surface area contributed by atoms with Gasteiger partial charge in [-0.3, -0.25) is 19.3 Å². The van der Waals surface area contributed by atoms with Crippen LogP contribution in [0.25, 0.3) is 0 Å². The Labute approximate surface area is 141 Å². The second-order valence-electron chi connectivity index (χ2n) is 6.04. The van der Waals surface area contributed by atoms with Crippen molar-refractivity contribution in [2.45, 2.75) is 37.8 Å². The van der Waals surface area contributed by atoms with Crippen LogP contribution < -0.4 is 16.8 Å². The second kappa shape index (κ2) is 7.55. The van der Waals surface area contributed by atoms with E-state index < -0.39 is 35.8 Å². The van der Waals surface area contributed by atoms with Crippen LogP contribution in [0.2, 0.25) is 0 Å². The molecule has 1 unspecified atom stereocenters. The number of hydrogen-bond donors (Lipinski definition) is 3. The van der Waals surface area contributed by atoms with Gasteiger partial charge in [-0.25, -0.2) is 0 Å². The van der Waals surface area contributed by atoms with Crippen molar-refractivity contribution >= 4 is 17.7 Å². The van der Waals surface area contributed by atoms with E-state index >= 15 is 0 Å². The quantitative estimate of drug-likeness (QED) is 0.669. The number of nitrogens with zero attached hydrogens (tertiary/aromatic N) is 1. The third-order valence-electron chi connectivity index (χ3n) is 4.41. The van der Waals surface area contributed by atoms with Gasteiger partial charge in [0.2, 0.25) is 11.8 Å². The van der Waals surface area contributed by atoms with E-state index in [0.29, 0.717) is 18.5 Å². The van der Waals surface area contributed by atoms with Crippen LogP contribution in [0.3, 0.4) is 0 Å². The smallest absolute Gasteiger partial charge is 0.254 e. The van der Waals surface area contributed by atoms with Crippen LogP contribution in [0.1, 0.15) is 31.7 Å². The van der Waals surface area contributed by atoms with Crippen molar-refractivity contribution in [3.8, 4) is 0 Å². The molecule has 1 aliphatic rings. The van der Waals surface area contributed by atoms with E-state index in [1.54, 1.807) is 31.2 Å². The topological polar surface area (TPSA) is 119 Å². The number of imide groups is 1. The zero-order chi connectivity index (χ0) is 17.7. The first-order valence-corrected chi connectivity index (χ1v) is 8.12. The average Bonchev–Trinajstić information content (AvgIpc) is 3.13. The van der Waals surface area contributed by atoms with Gasteiger partial charge in [-0.2, -0.15) is 0 Å². The summed E-state index contributed by atoms with van der Waals surface area (Å²) in [5, 5.41) is 3.04. The molecule has 0 spiro atoms. The Bertz CT molecular complexity index is 614. The fourth-order valence-electron chi connectivity index (χ4n) is 2.94. The van der Waals surface area contributed by atoms with Gasteiger partial charge in [0.05, 0.1) is 6.04 Å². The van der Waals surface area contributed by atoms with Crippen LogP contribution in [0.15, 0.2) is 30.3 Å². The predicted octanol–water partition coefficient (Wildman–Crippen LogP) is -0.157. The highest BCUT2D eigenvalue weighted by Gasteiger charge is 2.42. The van der Waals surface area contributed by atoms with Crippen molar-refractivity contribution in [3.63, 3.8) is 0 Å². The molecule has 0 radical (unpaired) electrons. The molecule has 1 saturated heterocycles. The summed E-state index contributed by atoms with van der Waals surface area (Å²) in [4.78, 5) is 38.1. The third-order valence-corrected chi connectivity index (χ3v) is 4.41. The van der Waals surface area contributed by atoms with E-state index in [9.17, 15) is 14.4 Å². The van der Waals surface area contributed by atoms with Gasteiger partial charge in [0.15, 0.2) is 0 Å². The summed E-state index contributed by atoms with van der Waals surface area (Å²) >= 11 is 0. The maximum atomic E-state index is 13.1. The highest BCUT2D eigenvalue weighted by Crippen LogP contribution is 2.25. The number of hydrogen-bond acceptors (Lipinski definition) is 5. The number of carbonyl (C=O) groups excluding carboxylic acids is 3. The van der Waals surface area contributed by atoms with Gasteiger partial charge in [0.25, 0.3) is 5.91 Å². The summed E-state index contributed by atoms with van der Waals surface area (Å²) in [6.07, 6.45) is 1.75. The molecule has 0 saturated carbocycles. The molecule has 1 heterocycles. The molecular weight excluding hydrogens is 308 g/mol. The summed E-state index contributed by atoms with van der Waals surface area (Å²) in [7, 11) is 0. The maximum absolute atomic E-state index is 13.1. The van der Waals surface area contributed by atoms with Gasteiger partial charge < -0.3 is 16.8 Å². The lowest BCUT2D eigenvalue weighted by Crippen LogP contribution is -2.58. The molecule has 1 aliphatic heterocycles. The lowest BCUT2D eigenvalue weighted by Gasteiger charge is -2.33. The lowest BCUT2D eigenvalue weighted by atomic mass is 9.86. The molecule has 2 atom stereocenters. The van der Waals surface area contributed by atoms with Gasteiger partial charge in [-0.15, -0.1) is 0 Å². The van der Waals surface area contributed by atoms with Crippen LogP contribution in [-0.4, -0.2) is 41.8 Å². The molecule has 5 N–H and O–H groups in total. The second-order valence-corrected chi connectivity index (χ2v) is 6.04. The molecule has 1 aromatic carbocycles. The van der Waals surface area contributed by atoms with Crippen LogP contribution in [0.5, 0.6) is 0 Å². The molecule has 130 valence electrons. The van der Waals surface area contributed by atoms with E-state index in [1.165, 1.54) is 0 Å². The summed E-state index contributed by atoms with van der Waals surface area (Å²) in [6, 6.07) is 8.37. The van der Waals surface area contributed by atoms with Crippen molar-refractivity contribution < 1.29 is 14.4 Å². The molecule has 2 rings (SSSR count). The van der Waals surface area contributed by atoms with Crippen LogP contribution in [-0.2, 0) is 19.9 Å². The standard InChI is InChI=1S/C17H24N4O3/c1-2-17(19,12-7-4-3-5-8-12)16(24)21(11-14(18)22)15(23)13-9-6-10-20-13/h3-5,7-8,13,20H,2,6,9-11,19H2,1H3,(H2,18,22)/t13-,17?/m0/s1. The van der Waals surface area contributed by atoms with Gasteiger partial charge in [0.1, 0.15) is 12.1 Å². The largest absolute Gasteiger partial charge is 0.368 e. The SMILES string of the molecule is CCC(N)(C(=O)N(CC(N)=O)C(=O)[C@@H]1CCCN1)c1ccccc1. The zero-order valence-electron chi connectivity index (χ0n) is 13.8. The van der Waals surface area contributed by atoms with Gasteiger partial charge in [-0.05, 0) is 31.4 Å². The number of carbonyl (C=O) groups is 3. The minimum absolute atomic E-state index is 0.288. The van der Waals surface area contributed by atoms with E-state index in [1.807, 2.05) is 6.07 Å². The molecule has 1 aromatic rings. The highest BCUT2D eigenvalue weighted by atomic mass is 16.2. The van der Waals surface area contributed by atoms with Crippen molar-refractivity contribution in [1.29, 1.82) is 0 Å². The van der Waals surface area contributed by atoms with Gasteiger partial charge in [0, 0.05) is 0 Å². The van der Waals surface area contributed by atoms with Crippen LogP contribution in [0, 0.1) is 0 Å². The van der Waals surface area contributed by atoms with E-state index in [-0.39, 0.29) is 6.42 Å². The van der Waals surface area contributed by atoms with Crippen LogP contribution >= 0.6 is 0 Å². The number of benzene rings is 1. The predicted molar refractivity (Wildman–Crippen MR) is 89.5 cm³/mol. The minimum Gasteiger partial charge on any atom is -0.368 e. The summed E-state index contributed by atoms with van der Waals surface area (Å²) in [5.41, 5.74) is 10.8. The molecule has 7 heteroatoms. The normalized spacial score (nSPS) is 19.5. The molecule has 7 nitrogen and oxygen atoms in total. The fourth-order valence-corrected chi connectivity index (χ4v) is 2.94. The molecule has 3 amide bonds. The third kappa shape index (κ3) is 3.63. The number of nitrogens with one attached hydrogen (secondary N) is 1. The Kier molecular flexibility index (Phi) is 5.69. The number of nitrogens with two attached hydrogens (primary N) is 2. The van der Waals surface area contributed by atoms with E-state index in [4.69, 9.17) is 11.5 Å². The van der Waals surface area contributed by atoms with Crippen molar-refractivity contribution in [2.24, 2.45) is 11.5 Å². The first-order valence-electron chi connectivity index (χ1n) is 8.12. The number of amides is 3. The minimum atomic E-state index is -1.38. The molecular formula is C17H24N4O3. The Morgan fingerprint density at radius 2 is 1.96 bits per heavy atom. The van der Waals surface area contributed by atoms with Crippen LogP contribution in [0.4, 0.5) is 0 Å². The van der Waals surface area contributed by atoms with Gasteiger partial charge in [-0.1, -0.05) is 37.3 Å². The van der Waals surface area contributed by atoms with Gasteiger partial charge >= 0.3 is 0 Å². The zero-order valence-corrected chi connectivity index (χ0v) is 13.8. The molecule has 0 aliphatic carbocycles. The lowest BCUT2D eigenvalue weighted by molar-refractivity contribution is -0.152. The molecule has 0 aromatic heterocycles. The highest BCUT2D eigenvalue weighted by molar-refractivity contribution is 6.04. The van der Waals surface area contributed by atoms with Crippen molar-refractivity contribution in [2.75, 3.05) is 13.1 Å². The summed E-state index contributed by atoms with van der Waals surface area (Å²) < 4.78 is 0. The Balaban J connectivity index is 2.34. The van der Waals surface area contributed by atoms with Crippen molar-refractivity contribution in [1.82, 2.24) is 10.2 Å². The number of rotatable bonds is 6. The molecule has 1 fully saturated rings. The fraction of sp³-hybridized carbons (Fsp3) is 0.471. The Hall–Kier alpha value is -2.25. The van der Waals surface area contributed by atoms with Crippen molar-refractivity contribution in [3.05, 3.63) is 35.9 Å². The first-order chi connectivity index (χ1) is 11.4. The average molecular weight is 332 g/mol. The monoisotopic (exact) mass is 332 g/mol. The molecule has 24 heavy (non-hydrogen) atoms. The Morgan fingerprint density at radius 1 is 1.29 bits per heavy atom. The maximum Gasteiger partial charge on any atom is 0.254 e. The summed E-state index contributed by atoms with van der Waals surface area (Å²) in [5.74, 6) is -1.80. The van der Waals surface area contributed by atoms with E-state index in [0.717, 1.165) is 11.3 Å². The molecule has 0 bridgehead atoms.